The number of benzene rings is 4. The van der Waals surface area contributed by atoms with Crippen LogP contribution in [0.4, 0.5) is 0 Å². The summed E-state index contributed by atoms with van der Waals surface area (Å²) in [4.78, 5) is 5.46. The average Bonchev–Trinajstić information content (AvgIpc) is 3.32. The van der Waals surface area contributed by atoms with Gasteiger partial charge in [0.2, 0.25) is 0 Å². The zero-order valence-electron chi connectivity index (χ0n) is 20.6. The highest BCUT2D eigenvalue weighted by atomic mass is 15.2. The van der Waals surface area contributed by atoms with Crippen molar-refractivity contribution in [2.45, 2.75) is 31.2 Å². The molecule has 2 aliphatic rings. The van der Waals surface area contributed by atoms with Gasteiger partial charge in [0.25, 0.3) is 0 Å². The third-order valence-corrected chi connectivity index (χ3v) is 8.37. The van der Waals surface area contributed by atoms with Crippen molar-refractivity contribution in [1.29, 1.82) is 0 Å². The number of hydrogen-bond acceptors (Lipinski definition) is 2. The zero-order valence-corrected chi connectivity index (χ0v) is 20.6. The smallest absolute Gasteiger partial charge is 0.0240 e. The fraction of sp³-hybridized carbons (Fsp3) is 0.333. The van der Waals surface area contributed by atoms with E-state index >= 15 is 0 Å². The summed E-state index contributed by atoms with van der Waals surface area (Å²) in [6, 6.07) is 38.0. The van der Waals surface area contributed by atoms with Crippen LogP contribution in [0.2, 0.25) is 0 Å². The summed E-state index contributed by atoms with van der Waals surface area (Å²) in [5.74, 6) is 2.02. The Morgan fingerprint density at radius 3 is 2.03 bits per heavy atom. The van der Waals surface area contributed by atoms with E-state index in [4.69, 9.17) is 0 Å². The SMILES string of the molecule is c1ccc(C2CCN(CC3CN(Cc4cccc5ccccc45)CC3c3ccccc3)CC2)cc1. The molecule has 2 fully saturated rings. The normalized spacial score (nSPS) is 22.1. The third-order valence-electron chi connectivity index (χ3n) is 8.37. The van der Waals surface area contributed by atoms with E-state index in [9.17, 15) is 0 Å². The number of piperidine rings is 1. The van der Waals surface area contributed by atoms with Crippen molar-refractivity contribution in [1.82, 2.24) is 9.80 Å². The quantitative estimate of drug-likeness (QED) is 0.308. The monoisotopic (exact) mass is 460 g/mol. The first-order chi connectivity index (χ1) is 17.3. The lowest BCUT2D eigenvalue weighted by atomic mass is 9.86. The summed E-state index contributed by atoms with van der Waals surface area (Å²) in [6.45, 7) is 7.03. The van der Waals surface area contributed by atoms with Crippen LogP contribution in [0, 0.1) is 5.92 Å². The van der Waals surface area contributed by atoms with E-state index in [1.165, 1.54) is 66.5 Å². The van der Waals surface area contributed by atoms with E-state index < -0.39 is 0 Å². The molecule has 2 unspecified atom stereocenters. The first-order valence-corrected chi connectivity index (χ1v) is 13.3. The van der Waals surface area contributed by atoms with Gasteiger partial charge in [0, 0.05) is 32.1 Å². The number of likely N-dealkylation sites (tertiary alicyclic amines) is 2. The molecule has 35 heavy (non-hydrogen) atoms. The number of rotatable bonds is 6. The summed E-state index contributed by atoms with van der Waals surface area (Å²) < 4.78 is 0. The van der Waals surface area contributed by atoms with Gasteiger partial charge in [0.1, 0.15) is 0 Å². The van der Waals surface area contributed by atoms with Gasteiger partial charge < -0.3 is 4.90 Å². The molecule has 0 amide bonds. The molecule has 0 spiro atoms. The van der Waals surface area contributed by atoms with Crippen LogP contribution in [0.1, 0.15) is 41.4 Å². The van der Waals surface area contributed by atoms with Crippen molar-refractivity contribution in [3.8, 4) is 0 Å². The Hall–Kier alpha value is -2.94. The first-order valence-electron chi connectivity index (χ1n) is 13.3. The van der Waals surface area contributed by atoms with E-state index in [1.807, 2.05) is 0 Å². The molecule has 4 aromatic rings. The van der Waals surface area contributed by atoms with Gasteiger partial charge in [-0.3, -0.25) is 4.90 Å². The van der Waals surface area contributed by atoms with Gasteiger partial charge in [-0.25, -0.2) is 0 Å². The molecule has 2 atom stereocenters. The Bertz CT molecular complexity index is 1220. The van der Waals surface area contributed by atoms with Crippen molar-refractivity contribution in [3.05, 3.63) is 120 Å². The molecule has 4 aromatic carbocycles. The van der Waals surface area contributed by atoms with Crippen molar-refractivity contribution in [3.63, 3.8) is 0 Å². The first kappa shape index (κ1) is 22.5. The second kappa shape index (κ2) is 10.4. The van der Waals surface area contributed by atoms with Gasteiger partial charge in [-0.05, 0) is 65.2 Å². The Kier molecular flexibility index (Phi) is 6.66. The highest BCUT2D eigenvalue weighted by Gasteiger charge is 2.35. The number of fused-ring (bicyclic) bond motifs is 1. The van der Waals surface area contributed by atoms with E-state index in [0.29, 0.717) is 11.8 Å². The summed E-state index contributed by atoms with van der Waals surface area (Å²) in [5.41, 5.74) is 4.49. The number of hydrogen-bond donors (Lipinski definition) is 0. The second-order valence-electron chi connectivity index (χ2n) is 10.6. The minimum Gasteiger partial charge on any atom is -0.303 e. The van der Waals surface area contributed by atoms with Gasteiger partial charge in [-0.15, -0.1) is 0 Å². The maximum Gasteiger partial charge on any atom is 0.0240 e. The fourth-order valence-corrected chi connectivity index (χ4v) is 6.53. The largest absolute Gasteiger partial charge is 0.303 e. The maximum atomic E-state index is 2.75. The highest BCUT2D eigenvalue weighted by Crippen LogP contribution is 2.36. The maximum absolute atomic E-state index is 2.75. The molecule has 0 saturated carbocycles. The lowest BCUT2D eigenvalue weighted by Crippen LogP contribution is -2.38. The Morgan fingerprint density at radius 2 is 1.26 bits per heavy atom. The lowest BCUT2D eigenvalue weighted by molar-refractivity contribution is 0.177. The third kappa shape index (κ3) is 5.05. The summed E-state index contributed by atoms with van der Waals surface area (Å²) >= 11 is 0. The molecule has 2 heterocycles. The molecular weight excluding hydrogens is 424 g/mol. The van der Waals surface area contributed by atoms with E-state index in [1.54, 1.807) is 0 Å². The molecular formula is C33H36N2. The predicted octanol–water partition coefficient (Wildman–Crippen LogP) is 6.94. The average molecular weight is 461 g/mol. The molecule has 2 aliphatic heterocycles. The van der Waals surface area contributed by atoms with Crippen LogP contribution in [0.3, 0.4) is 0 Å². The molecule has 6 rings (SSSR count). The minimum absolute atomic E-state index is 0.609. The Morgan fingerprint density at radius 1 is 0.600 bits per heavy atom. The van der Waals surface area contributed by atoms with Gasteiger partial charge in [0.15, 0.2) is 0 Å². The molecule has 178 valence electrons. The van der Waals surface area contributed by atoms with Crippen LogP contribution < -0.4 is 0 Å². The van der Waals surface area contributed by atoms with Gasteiger partial charge in [0.05, 0.1) is 0 Å². The Labute approximate surface area is 210 Å². The predicted molar refractivity (Wildman–Crippen MR) is 147 cm³/mol. The van der Waals surface area contributed by atoms with E-state index in [-0.39, 0.29) is 0 Å². The molecule has 2 nitrogen and oxygen atoms in total. The minimum atomic E-state index is 0.609. The summed E-state index contributed by atoms with van der Waals surface area (Å²) in [7, 11) is 0. The topological polar surface area (TPSA) is 6.48 Å². The van der Waals surface area contributed by atoms with Crippen molar-refractivity contribution < 1.29 is 0 Å². The van der Waals surface area contributed by atoms with Crippen LogP contribution in [-0.2, 0) is 6.54 Å². The molecule has 0 N–H and O–H groups in total. The molecule has 0 aliphatic carbocycles. The standard InChI is InChI=1S/C33H36N2/c1-3-10-26(11-4-1)27-18-20-34(21-19-27)23-31-24-35(25-33(31)29-12-5-2-6-13-29)22-30-16-9-15-28-14-7-8-17-32(28)30/h1-17,27,31,33H,18-25H2. The number of nitrogens with zero attached hydrogens (tertiary/aromatic N) is 2. The zero-order chi connectivity index (χ0) is 23.5. The van der Waals surface area contributed by atoms with Crippen molar-refractivity contribution in [2.24, 2.45) is 5.92 Å². The van der Waals surface area contributed by atoms with E-state index in [2.05, 4.69) is 113 Å². The second-order valence-corrected chi connectivity index (χ2v) is 10.6. The van der Waals surface area contributed by atoms with Gasteiger partial charge in [-0.1, -0.05) is 103 Å². The molecule has 0 radical (unpaired) electrons. The van der Waals surface area contributed by atoms with Crippen molar-refractivity contribution >= 4 is 10.8 Å². The van der Waals surface area contributed by atoms with Crippen LogP contribution >= 0.6 is 0 Å². The van der Waals surface area contributed by atoms with Crippen LogP contribution in [-0.4, -0.2) is 42.5 Å². The highest BCUT2D eigenvalue weighted by molar-refractivity contribution is 5.85. The van der Waals surface area contributed by atoms with Crippen LogP contribution in [0.25, 0.3) is 10.8 Å². The summed E-state index contributed by atoms with van der Waals surface area (Å²) in [6.07, 6.45) is 2.57. The van der Waals surface area contributed by atoms with Gasteiger partial charge >= 0.3 is 0 Å². The lowest BCUT2D eigenvalue weighted by Gasteiger charge is -2.35. The summed E-state index contributed by atoms with van der Waals surface area (Å²) in [5, 5.41) is 2.75. The molecule has 0 aromatic heterocycles. The van der Waals surface area contributed by atoms with Crippen molar-refractivity contribution in [2.75, 3.05) is 32.7 Å². The Balaban J connectivity index is 1.16. The fourth-order valence-electron chi connectivity index (χ4n) is 6.53. The molecule has 0 bridgehead atoms. The molecule has 2 saturated heterocycles. The van der Waals surface area contributed by atoms with Crippen LogP contribution in [0.5, 0.6) is 0 Å². The van der Waals surface area contributed by atoms with Gasteiger partial charge in [-0.2, -0.15) is 0 Å². The van der Waals surface area contributed by atoms with Crippen LogP contribution in [0.15, 0.2) is 103 Å². The molecule has 2 heteroatoms. The van der Waals surface area contributed by atoms with E-state index in [0.717, 1.165) is 19.0 Å².